The number of nitrogens with zero attached hydrogens (tertiary/aromatic N) is 1. The number of aldehydes is 1. The first-order chi connectivity index (χ1) is 9.81. The van der Waals surface area contributed by atoms with Crippen molar-refractivity contribution in [2.45, 2.75) is 25.7 Å². The van der Waals surface area contributed by atoms with Gasteiger partial charge in [0.25, 0.3) is 0 Å². The molecule has 0 saturated carbocycles. The zero-order valence-electron chi connectivity index (χ0n) is 12.4. The van der Waals surface area contributed by atoms with E-state index in [4.69, 9.17) is 16.3 Å². The molecule has 1 aromatic carbocycles. The largest absolute Gasteiger partial charge is 0.449 e. The average molecular weight is 324 g/mol. The predicted molar refractivity (Wildman–Crippen MR) is 87.2 cm³/mol. The van der Waals surface area contributed by atoms with E-state index in [2.05, 4.69) is 19.6 Å². The van der Waals surface area contributed by atoms with E-state index in [1.54, 1.807) is 18.2 Å². The van der Waals surface area contributed by atoms with E-state index in [0.717, 1.165) is 6.04 Å². The molecule has 112 valence electrons. The summed E-state index contributed by atoms with van der Waals surface area (Å²) in [7, 11) is -1.25. The Kier molecular flexibility index (Phi) is 4.54. The highest BCUT2D eigenvalue weighted by Crippen LogP contribution is 2.24. The lowest BCUT2D eigenvalue weighted by molar-refractivity contribution is 0.112. The standard InChI is InChI=1S/C15H18ClNO3Si/c1-21(2,3)7-6-20-15(19)17-9-11(10-18)13-8-12(16)4-5-14(13)17/h4-5,8-10H,6-7H2,1-3H3. The lowest BCUT2D eigenvalue weighted by Gasteiger charge is -2.15. The second-order valence-electron chi connectivity index (χ2n) is 6.16. The maximum absolute atomic E-state index is 12.2. The molecular weight excluding hydrogens is 306 g/mol. The number of ether oxygens (including phenoxy) is 1. The van der Waals surface area contributed by atoms with Gasteiger partial charge in [-0.05, 0) is 24.2 Å². The monoisotopic (exact) mass is 323 g/mol. The van der Waals surface area contributed by atoms with Crippen molar-refractivity contribution in [1.29, 1.82) is 0 Å². The van der Waals surface area contributed by atoms with E-state index in [1.165, 1.54) is 10.8 Å². The smallest absolute Gasteiger partial charge is 0.418 e. The van der Waals surface area contributed by atoms with Gasteiger partial charge in [0.05, 0.1) is 12.1 Å². The van der Waals surface area contributed by atoms with Crippen LogP contribution in [-0.4, -0.2) is 31.6 Å². The fourth-order valence-corrected chi connectivity index (χ4v) is 2.87. The molecule has 0 aliphatic rings. The minimum absolute atomic E-state index is 0.401. The van der Waals surface area contributed by atoms with Crippen LogP contribution in [0.15, 0.2) is 24.4 Å². The number of carbonyl (C=O) groups is 2. The first-order valence-electron chi connectivity index (χ1n) is 6.75. The van der Waals surface area contributed by atoms with Gasteiger partial charge in [-0.25, -0.2) is 4.79 Å². The molecular formula is C15H18ClNO3Si. The molecule has 21 heavy (non-hydrogen) atoms. The summed E-state index contributed by atoms with van der Waals surface area (Å²) in [6.07, 6.45) is 1.74. The number of halogens is 1. The Morgan fingerprint density at radius 2 is 2.10 bits per heavy atom. The van der Waals surface area contributed by atoms with Gasteiger partial charge in [-0.3, -0.25) is 9.36 Å². The second kappa shape index (κ2) is 6.03. The van der Waals surface area contributed by atoms with Crippen molar-refractivity contribution in [2.75, 3.05) is 6.61 Å². The second-order valence-corrected chi connectivity index (χ2v) is 12.2. The molecule has 0 atom stereocenters. The third-order valence-electron chi connectivity index (χ3n) is 3.20. The maximum Gasteiger partial charge on any atom is 0.418 e. The molecule has 1 heterocycles. The molecule has 0 spiro atoms. The van der Waals surface area contributed by atoms with E-state index in [-0.39, 0.29) is 0 Å². The Morgan fingerprint density at radius 3 is 2.71 bits per heavy atom. The number of carbonyl (C=O) groups excluding carboxylic acids is 2. The van der Waals surface area contributed by atoms with Gasteiger partial charge in [0, 0.05) is 30.2 Å². The van der Waals surface area contributed by atoms with Crippen LogP contribution < -0.4 is 0 Å². The maximum atomic E-state index is 12.2. The van der Waals surface area contributed by atoms with Gasteiger partial charge in [-0.2, -0.15) is 0 Å². The van der Waals surface area contributed by atoms with Crippen molar-refractivity contribution in [2.24, 2.45) is 0 Å². The molecule has 6 heteroatoms. The van der Waals surface area contributed by atoms with Crippen LogP contribution in [0, 0.1) is 0 Å². The number of aromatic nitrogens is 1. The van der Waals surface area contributed by atoms with E-state index >= 15 is 0 Å². The Labute approximate surface area is 129 Å². The molecule has 2 aromatic rings. The topological polar surface area (TPSA) is 48.3 Å². The molecule has 0 N–H and O–H groups in total. The minimum Gasteiger partial charge on any atom is -0.449 e. The van der Waals surface area contributed by atoms with Crippen molar-refractivity contribution < 1.29 is 14.3 Å². The number of fused-ring (bicyclic) bond motifs is 1. The quantitative estimate of drug-likeness (QED) is 0.617. The Balaban J connectivity index is 2.25. The zero-order valence-corrected chi connectivity index (χ0v) is 14.1. The number of benzene rings is 1. The number of hydrogen-bond acceptors (Lipinski definition) is 3. The molecule has 1 aromatic heterocycles. The fourth-order valence-electron chi connectivity index (χ4n) is 1.99. The third kappa shape index (κ3) is 3.74. The molecule has 2 rings (SSSR count). The first kappa shape index (κ1) is 15.8. The molecule has 0 aliphatic heterocycles. The molecule has 0 radical (unpaired) electrons. The van der Waals surface area contributed by atoms with Gasteiger partial charge < -0.3 is 4.74 Å². The zero-order chi connectivity index (χ0) is 15.6. The van der Waals surface area contributed by atoms with E-state index in [1.807, 2.05) is 0 Å². The van der Waals surface area contributed by atoms with Crippen molar-refractivity contribution in [1.82, 2.24) is 4.57 Å². The van der Waals surface area contributed by atoms with E-state index in [9.17, 15) is 9.59 Å². The van der Waals surface area contributed by atoms with Gasteiger partial charge in [-0.1, -0.05) is 31.2 Å². The first-order valence-corrected chi connectivity index (χ1v) is 10.8. The van der Waals surface area contributed by atoms with Gasteiger partial charge in [0.1, 0.15) is 0 Å². The number of rotatable bonds is 4. The van der Waals surface area contributed by atoms with Gasteiger partial charge >= 0.3 is 6.09 Å². The summed E-state index contributed by atoms with van der Waals surface area (Å²) in [6, 6.07) is 5.98. The van der Waals surface area contributed by atoms with Gasteiger partial charge in [0.15, 0.2) is 6.29 Å². The number of hydrogen-bond donors (Lipinski definition) is 0. The van der Waals surface area contributed by atoms with Crippen LogP contribution in [0.25, 0.3) is 10.9 Å². The van der Waals surface area contributed by atoms with Crippen LogP contribution in [0.4, 0.5) is 4.79 Å². The lowest BCUT2D eigenvalue weighted by atomic mass is 10.2. The molecule has 0 fully saturated rings. The van der Waals surface area contributed by atoms with Crippen LogP contribution >= 0.6 is 11.6 Å². The summed E-state index contributed by atoms with van der Waals surface area (Å²) in [4.78, 5) is 23.3. The summed E-state index contributed by atoms with van der Waals surface area (Å²) in [5.41, 5.74) is 1.05. The van der Waals surface area contributed by atoms with Crippen molar-refractivity contribution in [3.8, 4) is 0 Å². The fraction of sp³-hybridized carbons (Fsp3) is 0.333. The highest BCUT2D eigenvalue weighted by Gasteiger charge is 2.17. The average Bonchev–Trinajstić information content (AvgIpc) is 2.75. The van der Waals surface area contributed by atoms with Crippen molar-refractivity contribution in [3.05, 3.63) is 35.0 Å². The normalized spacial score (nSPS) is 11.6. The molecule has 0 unspecified atom stereocenters. The molecule has 0 saturated heterocycles. The van der Waals surface area contributed by atoms with Gasteiger partial charge in [0.2, 0.25) is 0 Å². The van der Waals surface area contributed by atoms with Crippen LogP contribution in [0.2, 0.25) is 30.7 Å². The van der Waals surface area contributed by atoms with E-state index < -0.39 is 14.2 Å². The van der Waals surface area contributed by atoms with Crippen LogP contribution in [-0.2, 0) is 4.74 Å². The lowest BCUT2D eigenvalue weighted by Crippen LogP contribution is -2.23. The molecule has 0 aliphatic carbocycles. The van der Waals surface area contributed by atoms with Crippen LogP contribution in [0.1, 0.15) is 10.4 Å². The predicted octanol–water partition coefficient (Wildman–Crippen LogP) is 4.43. The van der Waals surface area contributed by atoms with Crippen molar-refractivity contribution in [3.63, 3.8) is 0 Å². The highest BCUT2D eigenvalue weighted by atomic mass is 35.5. The Morgan fingerprint density at radius 1 is 1.38 bits per heavy atom. The summed E-state index contributed by atoms with van der Waals surface area (Å²) in [6.45, 7) is 7.06. The van der Waals surface area contributed by atoms with Crippen molar-refractivity contribution >= 4 is 43.0 Å². The molecule has 0 bridgehead atoms. The molecule has 0 amide bonds. The highest BCUT2D eigenvalue weighted by molar-refractivity contribution is 6.76. The minimum atomic E-state index is -1.25. The molecule has 4 nitrogen and oxygen atoms in total. The summed E-state index contributed by atoms with van der Waals surface area (Å²) >= 11 is 5.93. The Hall–Kier alpha value is -1.59. The van der Waals surface area contributed by atoms with Crippen LogP contribution in [0.5, 0.6) is 0 Å². The third-order valence-corrected chi connectivity index (χ3v) is 5.14. The summed E-state index contributed by atoms with van der Waals surface area (Å²) in [5, 5.41) is 1.18. The SMILES string of the molecule is C[Si](C)(C)CCOC(=O)n1cc(C=O)c2cc(Cl)ccc21. The summed E-state index contributed by atoms with van der Waals surface area (Å²) in [5.74, 6) is 0. The van der Waals surface area contributed by atoms with E-state index in [0.29, 0.717) is 34.4 Å². The Bertz CT molecular complexity index is 688. The summed E-state index contributed by atoms with van der Waals surface area (Å²) < 4.78 is 6.67. The van der Waals surface area contributed by atoms with Gasteiger partial charge in [-0.15, -0.1) is 0 Å². The van der Waals surface area contributed by atoms with Crippen LogP contribution in [0.3, 0.4) is 0 Å².